The highest BCUT2D eigenvalue weighted by Gasteiger charge is 2.51. The Labute approximate surface area is 402 Å². The first kappa shape index (κ1) is 46.8. The fourth-order valence-corrected chi connectivity index (χ4v) is 14.6. The van der Waals surface area contributed by atoms with E-state index in [1.54, 1.807) is 31.4 Å². The van der Waals surface area contributed by atoms with Gasteiger partial charge in [0.25, 0.3) is 5.91 Å². The van der Waals surface area contributed by atoms with Crippen molar-refractivity contribution in [2.24, 2.45) is 5.73 Å². The van der Waals surface area contributed by atoms with Gasteiger partial charge in [0.2, 0.25) is 8.32 Å². The molecule has 0 radical (unpaired) electrons. The van der Waals surface area contributed by atoms with Gasteiger partial charge in [0, 0.05) is 6.42 Å². The van der Waals surface area contributed by atoms with Crippen molar-refractivity contribution in [2.75, 3.05) is 26.6 Å². The number of hydrogen-bond acceptors (Lipinski definition) is 12. The molecule has 4 heterocycles. The molecule has 1 saturated heterocycles. The van der Waals surface area contributed by atoms with Gasteiger partial charge in [0.15, 0.2) is 17.2 Å². The van der Waals surface area contributed by atoms with Crippen LogP contribution in [0.25, 0.3) is 22.3 Å². The summed E-state index contributed by atoms with van der Waals surface area (Å²) < 4.78 is 37.2. The van der Waals surface area contributed by atoms with Gasteiger partial charge < -0.3 is 34.8 Å². The third kappa shape index (κ3) is 9.11. The molecule has 16 heteroatoms. The lowest BCUT2D eigenvalue weighted by molar-refractivity contribution is -0.0913. The molecule has 3 atom stereocenters. The van der Waals surface area contributed by atoms with Crippen LogP contribution in [0.1, 0.15) is 73.1 Å². The normalized spacial score (nSPS) is 16.4. The maximum absolute atomic E-state index is 11.5. The maximum atomic E-state index is 11.5. The average molecular weight is 944 g/mol. The van der Waals surface area contributed by atoms with Gasteiger partial charge in [-0.3, -0.25) is 9.36 Å². The first-order valence-corrected chi connectivity index (χ1v) is 25.1. The van der Waals surface area contributed by atoms with Gasteiger partial charge in [0.1, 0.15) is 41.3 Å². The van der Waals surface area contributed by atoms with Crippen LogP contribution in [0.4, 0.5) is 5.82 Å². The van der Waals surface area contributed by atoms with Crippen molar-refractivity contribution in [3.63, 3.8) is 0 Å². The minimum atomic E-state index is -2.86. The molecule has 5 aromatic carbocycles. The molecule has 4 N–H and O–H groups in total. The lowest BCUT2D eigenvalue weighted by atomic mass is 9.80. The molecular formula is C53H57N9O6Si. The third-order valence-corrected chi connectivity index (χ3v) is 18.7. The van der Waals surface area contributed by atoms with Crippen LogP contribution < -0.4 is 26.1 Å². The topological polar surface area (TPSA) is 190 Å². The summed E-state index contributed by atoms with van der Waals surface area (Å²) in [4.78, 5) is 24.9. The van der Waals surface area contributed by atoms with E-state index in [0.29, 0.717) is 29.9 Å². The number of anilines is 1. The Hall–Kier alpha value is -7.24. The number of nitrogen functional groups attached to an aromatic ring is 1. The Morgan fingerprint density at radius 1 is 0.783 bits per heavy atom. The zero-order valence-electron chi connectivity index (χ0n) is 39.6. The van der Waals surface area contributed by atoms with E-state index in [0.717, 1.165) is 44.9 Å². The lowest BCUT2D eigenvalue weighted by Crippen LogP contribution is -2.59. The van der Waals surface area contributed by atoms with Crippen LogP contribution in [0.2, 0.25) is 11.1 Å². The summed E-state index contributed by atoms with van der Waals surface area (Å²) in [7, 11) is 0.463. The molecular weight excluding hydrogens is 887 g/mol. The number of aromatic nitrogens is 7. The predicted octanol–water partition coefficient (Wildman–Crippen LogP) is 8.19. The highest BCUT2D eigenvalue weighted by Crippen LogP contribution is 2.45. The molecule has 1 aliphatic heterocycles. The summed E-state index contributed by atoms with van der Waals surface area (Å²) in [5.41, 5.74) is 18.1. The van der Waals surface area contributed by atoms with E-state index in [9.17, 15) is 4.79 Å². The smallest absolute Gasteiger partial charge is 0.270 e. The van der Waals surface area contributed by atoms with E-state index in [-0.39, 0.29) is 23.4 Å². The second-order valence-electron chi connectivity index (χ2n) is 18.0. The van der Waals surface area contributed by atoms with Gasteiger partial charge in [-0.25, -0.2) is 19.6 Å². The quantitative estimate of drug-likeness (QED) is 0.0621. The Morgan fingerprint density at radius 2 is 1.38 bits per heavy atom. The fraction of sp³-hybridized carbons (Fsp3) is 0.283. The number of methoxy groups -OCH3 is 2. The number of nitrogens with two attached hydrogens (primary N) is 2. The van der Waals surface area contributed by atoms with Crippen LogP contribution in [0.3, 0.4) is 0 Å². The first-order chi connectivity index (χ1) is 33.4. The van der Waals surface area contributed by atoms with E-state index in [1.165, 1.54) is 11.5 Å². The molecule has 69 heavy (non-hydrogen) atoms. The standard InChI is InChI=1S/C53H57N9O6Si/c1-34(2)69(35(3)4,44-26-16-38(17-27-44)37-14-12-36(13-15-37)29-61-30-45(51(55)63)59-60-61)68-46-28-48(62-33-58-49-50(54)56-32-57-52(49)62)67-47(46)31-66-53(39-10-8-7-9-11-39,40-18-22-42(64-5)23-19-40)41-20-24-43(65-6)25-21-41/h7-27,30,32-35,46-48H,28-29,31H2,1-6H3,(H2,55,63)(H2,54,56,57)/t46-,47+,48+/m0/s1. The van der Waals surface area contributed by atoms with Crippen molar-refractivity contribution >= 4 is 36.4 Å². The summed E-state index contributed by atoms with van der Waals surface area (Å²) in [5.74, 6) is 1.16. The Balaban J connectivity index is 1.07. The van der Waals surface area contributed by atoms with E-state index in [2.05, 4.69) is 138 Å². The average Bonchev–Trinajstić information content (AvgIpc) is 4.14. The van der Waals surface area contributed by atoms with Crippen LogP contribution in [0, 0.1) is 0 Å². The lowest BCUT2D eigenvalue weighted by Gasteiger charge is -2.42. The second-order valence-corrected chi connectivity index (χ2v) is 22.7. The minimum absolute atomic E-state index is 0.134. The van der Waals surface area contributed by atoms with Crippen molar-refractivity contribution in [1.29, 1.82) is 0 Å². The summed E-state index contributed by atoms with van der Waals surface area (Å²) >= 11 is 0. The molecule has 0 saturated carbocycles. The number of carbonyl (C=O) groups is 1. The van der Waals surface area contributed by atoms with Crippen LogP contribution in [-0.2, 0) is 26.0 Å². The first-order valence-electron chi connectivity index (χ1n) is 23.1. The number of fused-ring (bicyclic) bond motifs is 1. The maximum Gasteiger partial charge on any atom is 0.270 e. The van der Waals surface area contributed by atoms with E-state index in [4.69, 9.17) is 34.8 Å². The van der Waals surface area contributed by atoms with Gasteiger partial charge in [-0.15, -0.1) is 5.10 Å². The molecule has 8 aromatic rings. The molecule has 1 amide bonds. The molecule has 0 bridgehead atoms. The van der Waals surface area contributed by atoms with Gasteiger partial charge in [-0.05, 0) is 73.9 Å². The van der Waals surface area contributed by atoms with Crippen molar-refractivity contribution in [3.8, 4) is 22.6 Å². The number of primary amides is 1. The van der Waals surface area contributed by atoms with E-state index < -0.39 is 38.3 Å². The summed E-state index contributed by atoms with van der Waals surface area (Å²) in [6.07, 6.45) is 3.79. The Kier molecular flexibility index (Phi) is 13.4. The number of amides is 1. The van der Waals surface area contributed by atoms with Gasteiger partial charge in [-0.2, -0.15) is 0 Å². The molecule has 0 spiro atoms. The molecule has 3 aromatic heterocycles. The van der Waals surface area contributed by atoms with E-state index >= 15 is 0 Å². The summed E-state index contributed by atoms with van der Waals surface area (Å²) in [5, 5.41) is 9.09. The number of ether oxygens (including phenoxy) is 4. The van der Waals surface area contributed by atoms with Gasteiger partial charge >= 0.3 is 0 Å². The molecule has 0 unspecified atom stereocenters. The molecule has 9 rings (SSSR count). The number of carbonyl (C=O) groups excluding carboxylic acids is 1. The monoisotopic (exact) mass is 943 g/mol. The number of imidazole rings is 1. The predicted molar refractivity (Wildman–Crippen MR) is 267 cm³/mol. The number of rotatable bonds is 18. The number of nitrogens with zero attached hydrogens (tertiary/aromatic N) is 7. The second kappa shape index (κ2) is 19.8. The Bertz CT molecular complexity index is 2940. The van der Waals surface area contributed by atoms with Crippen LogP contribution >= 0.6 is 0 Å². The molecule has 354 valence electrons. The molecule has 15 nitrogen and oxygen atoms in total. The van der Waals surface area contributed by atoms with Gasteiger partial charge in [-0.1, -0.05) is 136 Å². The largest absolute Gasteiger partial charge is 0.497 e. The van der Waals surface area contributed by atoms with Crippen LogP contribution in [-0.4, -0.2) is 81.8 Å². The molecule has 0 aliphatic carbocycles. The van der Waals surface area contributed by atoms with Gasteiger partial charge in [0.05, 0.1) is 46.0 Å². The number of hydrogen-bond donors (Lipinski definition) is 2. The third-order valence-electron chi connectivity index (χ3n) is 13.3. The summed E-state index contributed by atoms with van der Waals surface area (Å²) in [6.45, 7) is 9.72. The van der Waals surface area contributed by atoms with Crippen LogP contribution in [0.5, 0.6) is 11.5 Å². The zero-order valence-corrected chi connectivity index (χ0v) is 40.6. The highest BCUT2D eigenvalue weighted by atomic mass is 28.4. The molecule has 1 aliphatic rings. The van der Waals surface area contributed by atoms with Crippen molar-refractivity contribution in [1.82, 2.24) is 34.5 Å². The minimum Gasteiger partial charge on any atom is -0.497 e. The van der Waals surface area contributed by atoms with Crippen molar-refractivity contribution < 1.29 is 28.2 Å². The SMILES string of the molecule is COc1ccc(C(OC[C@H]2O[C@@H](n3cnc4c(N)ncnc43)C[C@@H]2O[Si](c2ccc(-c3ccc(Cn4cc(C(N)=O)nn4)cc3)cc2)(C(C)C)C(C)C)(c2ccccc2)c2ccc(OC)cc2)cc1. The number of benzene rings is 5. The Morgan fingerprint density at radius 3 is 1.94 bits per heavy atom. The fourth-order valence-electron chi connectivity index (χ4n) is 9.83. The summed E-state index contributed by atoms with van der Waals surface area (Å²) in [6, 6.07) is 43.5. The highest BCUT2D eigenvalue weighted by molar-refractivity contribution is 6.88. The van der Waals surface area contributed by atoms with Crippen molar-refractivity contribution in [2.45, 2.75) is 75.8 Å². The molecule has 1 fully saturated rings. The van der Waals surface area contributed by atoms with Crippen LogP contribution in [0.15, 0.2) is 146 Å². The zero-order chi connectivity index (χ0) is 48.3. The van der Waals surface area contributed by atoms with E-state index in [1.807, 2.05) is 47.0 Å². The van der Waals surface area contributed by atoms with Crippen molar-refractivity contribution in [3.05, 3.63) is 174 Å².